The minimum atomic E-state index is -4.24. The van der Waals surface area contributed by atoms with Crippen molar-refractivity contribution in [1.82, 2.24) is 4.90 Å². The zero-order chi connectivity index (χ0) is 14.8. The van der Waals surface area contributed by atoms with E-state index in [9.17, 15) is 18.3 Å². The van der Waals surface area contributed by atoms with Crippen molar-refractivity contribution in [2.75, 3.05) is 25.4 Å². The Morgan fingerprint density at radius 3 is 2.55 bits per heavy atom. The van der Waals surface area contributed by atoms with Gasteiger partial charge in [-0.05, 0) is 12.5 Å². The molecule has 0 saturated heterocycles. The molecule has 0 spiro atoms. The van der Waals surface area contributed by atoms with E-state index in [1.54, 1.807) is 29.2 Å². The number of hydrogen-bond donors (Lipinski definition) is 2. The number of aliphatic hydroxyl groups is 1. The first kappa shape index (κ1) is 14.9. The summed E-state index contributed by atoms with van der Waals surface area (Å²) in [6, 6.07) is 6.95. The first-order chi connectivity index (χ1) is 9.38. The number of para-hydroxylation sites is 1. The van der Waals surface area contributed by atoms with Gasteiger partial charge in [-0.25, -0.2) is 0 Å². The fraction of sp³-hybridized carbons (Fsp3) is 0.429. The second-order valence-corrected chi connectivity index (χ2v) is 4.88. The van der Waals surface area contributed by atoms with Gasteiger partial charge >= 0.3 is 6.18 Å². The molecule has 1 aromatic carbocycles. The molecule has 110 valence electrons. The van der Waals surface area contributed by atoms with Gasteiger partial charge in [0.05, 0.1) is 6.10 Å². The number of rotatable bonds is 3. The number of nitrogens with zero attached hydrogens (tertiary/aromatic N) is 1. The molecule has 1 aliphatic rings. The zero-order valence-electron chi connectivity index (χ0n) is 10.9. The van der Waals surface area contributed by atoms with Crippen LogP contribution < -0.4 is 5.73 Å². The standard InChI is InChI=1S/C14H17F3N2O/c15-14(16,17)10-5-7-19(8-6-10)9-13(20)11-3-1-2-4-12(11)18/h1-5,13,20H,6-9,18H2. The highest BCUT2D eigenvalue weighted by Crippen LogP contribution is 2.30. The summed E-state index contributed by atoms with van der Waals surface area (Å²) in [6.07, 6.45) is -3.89. The third-order valence-corrected chi connectivity index (χ3v) is 3.44. The maximum Gasteiger partial charge on any atom is 0.412 e. The monoisotopic (exact) mass is 286 g/mol. The summed E-state index contributed by atoms with van der Waals surface area (Å²) < 4.78 is 37.5. The van der Waals surface area contributed by atoms with Crippen LogP contribution in [0.25, 0.3) is 0 Å². The Labute approximate surface area is 115 Å². The number of aliphatic hydroxyl groups excluding tert-OH is 1. The molecule has 1 aliphatic heterocycles. The summed E-state index contributed by atoms with van der Waals surface area (Å²) in [5.41, 5.74) is 6.38. The van der Waals surface area contributed by atoms with E-state index in [0.29, 0.717) is 11.3 Å². The molecule has 1 aromatic rings. The van der Waals surface area contributed by atoms with Gasteiger partial charge in [0.25, 0.3) is 0 Å². The van der Waals surface area contributed by atoms with E-state index in [0.717, 1.165) is 0 Å². The molecule has 0 amide bonds. The molecular weight excluding hydrogens is 269 g/mol. The molecule has 0 bridgehead atoms. The molecule has 0 radical (unpaired) electrons. The van der Waals surface area contributed by atoms with Gasteiger partial charge < -0.3 is 10.8 Å². The minimum absolute atomic E-state index is 0.0412. The summed E-state index contributed by atoms with van der Waals surface area (Å²) in [5, 5.41) is 10.1. The lowest BCUT2D eigenvalue weighted by Gasteiger charge is -2.29. The molecule has 3 N–H and O–H groups in total. The fourth-order valence-electron chi connectivity index (χ4n) is 2.29. The Morgan fingerprint density at radius 1 is 1.30 bits per heavy atom. The second-order valence-electron chi connectivity index (χ2n) is 4.88. The SMILES string of the molecule is Nc1ccccc1C(O)CN1CC=C(C(F)(F)F)CC1. The van der Waals surface area contributed by atoms with Crippen LogP contribution in [0.1, 0.15) is 18.1 Å². The predicted molar refractivity (Wildman–Crippen MR) is 71.0 cm³/mol. The van der Waals surface area contributed by atoms with Crippen molar-refractivity contribution in [2.45, 2.75) is 18.7 Å². The molecule has 1 atom stereocenters. The van der Waals surface area contributed by atoms with Gasteiger partial charge in [-0.3, -0.25) is 4.90 Å². The topological polar surface area (TPSA) is 49.5 Å². The lowest BCUT2D eigenvalue weighted by molar-refractivity contribution is -0.0962. The number of benzene rings is 1. The fourth-order valence-corrected chi connectivity index (χ4v) is 2.29. The highest BCUT2D eigenvalue weighted by atomic mass is 19.4. The summed E-state index contributed by atoms with van der Waals surface area (Å²) >= 11 is 0. The first-order valence-electron chi connectivity index (χ1n) is 6.39. The quantitative estimate of drug-likeness (QED) is 0.663. The van der Waals surface area contributed by atoms with Gasteiger partial charge in [0, 0.05) is 36.5 Å². The third-order valence-electron chi connectivity index (χ3n) is 3.44. The van der Waals surface area contributed by atoms with Crippen LogP contribution in [-0.4, -0.2) is 35.8 Å². The summed E-state index contributed by atoms with van der Waals surface area (Å²) in [4.78, 5) is 1.78. The molecule has 1 unspecified atom stereocenters. The molecule has 0 saturated carbocycles. The van der Waals surface area contributed by atoms with Crippen LogP contribution in [0.15, 0.2) is 35.9 Å². The highest BCUT2D eigenvalue weighted by molar-refractivity contribution is 5.47. The van der Waals surface area contributed by atoms with Crippen molar-refractivity contribution >= 4 is 5.69 Å². The zero-order valence-corrected chi connectivity index (χ0v) is 10.9. The van der Waals surface area contributed by atoms with Crippen molar-refractivity contribution in [3.05, 3.63) is 41.5 Å². The Kier molecular flexibility index (Phi) is 4.35. The van der Waals surface area contributed by atoms with Gasteiger partial charge in [0.1, 0.15) is 0 Å². The molecule has 3 nitrogen and oxygen atoms in total. The number of alkyl halides is 3. The van der Waals surface area contributed by atoms with Crippen LogP contribution in [0.3, 0.4) is 0 Å². The number of β-amino-alcohol motifs (C(OH)–C–C–N with tert-alkyl or cyclic N) is 1. The van der Waals surface area contributed by atoms with Gasteiger partial charge in [-0.1, -0.05) is 24.3 Å². The first-order valence-corrected chi connectivity index (χ1v) is 6.39. The second kappa shape index (κ2) is 5.85. The van der Waals surface area contributed by atoms with Gasteiger partial charge in [0.2, 0.25) is 0 Å². The molecule has 0 aromatic heterocycles. The van der Waals surface area contributed by atoms with Crippen molar-refractivity contribution in [2.24, 2.45) is 0 Å². The van der Waals surface area contributed by atoms with Crippen LogP contribution in [0.4, 0.5) is 18.9 Å². The van der Waals surface area contributed by atoms with Crippen LogP contribution in [0.2, 0.25) is 0 Å². The summed E-state index contributed by atoms with van der Waals surface area (Å²) in [7, 11) is 0. The average molecular weight is 286 g/mol. The number of anilines is 1. The van der Waals surface area contributed by atoms with Gasteiger partial charge in [-0.2, -0.15) is 13.2 Å². The highest BCUT2D eigenvalue weighted by Gasteiger charge is 2.34. The van der Waals surface area contributed by atoms with E-state index < -0.39 is 17.9 Å². The molecule has 1 heterocycles. The summed E-state index contributed by atoms with van der Waals surface area (Å²) in [5.74, 6) is 0. The number of nitrogen functional groups attached to an aromatic ring is 1. The summed E-state index contributed by atoms with van der Waals surface area (Å²) in [6.45, 7) is 0.754. The van der Waals surface area contributed by atoms with Crippen molar-refractivity contribution < 1.29 is 18.3 Å². The lowest BCUT2D eigenvalue weighted by atomic mass is 10.0. The Morgan fingerprint density at radius 2 is 2.00 bits per heavy atom. The van der Waals surface area contributed by atoms with Crippen LogP contribution in [0.5, 0.6) is 0 Å². The van der Waals surface area contributed by atoms with Crippen molar-refractivity contribution in [3.8, 4) is 0 Å². The van der Waals surface area contributed by atoms with Crippen LogP contribution in [-0.2, 0) is 0 Å². The Bertz CT molecular complexity index is 499. The molecule has 2 rings (SSSR count). The Balaban J connectivity index is 1.96. The van der Waals surface area contributed by atoms with Crippen LogP contribution in [0, 0.1) is 0 Å². The van der Waals surface area contributed by atoms with Crippen molar-refractivity contribution in [3.63, 3.8) is 0 Å². The van der Waals surface area contributed by atoms with E-state index in [-0.39, 0.29) is 26.1 Å². The van der Waals surface area contributed by atoms with E-state index in [2.05, 4.69) is 0 Å². The largest absolute Gasteiger partial charge is 0.412 e. The predicted octanol–water partition coefficient (Wildman–Crippen LogP) is 2.50. The Hall–Kier alpha value is -1.53. The van der Waals surface area contributed by atoms with Crippen LogP contribution >= 0.6 is 0 Å². The number of halogens is 3. The van der Waals surface area contributed by atoms with Gasteiger partial charge in [-0.15, -0.1) is 0 Å². The molecular formula is C14H17F3N2O. The van der Waals surface area contributed by atoms with E-state index in [1.165, 1.54) is 6.08 Å². The molecule has 0 fully saturated rings. The lowest BCUT2D eigenvalue weighted by Crippen LogP contribution is -2.35. The molecule has 0 aliphatic carbocycles. The molecule has 6 heteroatoms. The van der Waals surface area contributed by atoms with Gasteiger partial charge in [0.15, 0.2) is 0 Å². The van der Waals surface area contributed by atoms with E-state index in [1.807, 2.05) is 0 Å². The normalized spacial score (nSPS) is 18.7. The molecule has 20 heavy (non-hydrogen) atoms. The minimum Gasteiger partial charge on any atom is -0.398 e. The van der Waals surface area contributed by atoms with Crippen molar-refractivity contribution in [1.29, 1.82) is 0 Å². The smallest absolute Gasteiger partial charge is 0.398 e. The maximum atomic E-state index is 12.5. The average Bonchev–Trinajstić information content (AvgIpc) is 2.38. The maximum absolute atomic E-state index is 12.5. The van der Waals surface area contributed by atoms with E-state index in [4.69, 9.17) is 5.73 Å². The van der Waals surface area contributed by atoms with E-state index >= 15 is 0 Å². The third kappa shape index (κ3) is 3.52. The number of hydrogen-bond acceptors (Lipinski definition) is 3. The number of nitrogens with two attached hydrogens (primary N) is 1.